The van der Waals surface area contributed by atoms with Gasteiger partial charge in [0.05, 0.1) is 6.10 Å². The van der Waals surface area contributed by atoms with Gasteiger partial charge in [-0.05, 0) is 37.3 Å². The van der Waals surface area contributed by atoms with Crippen molar-refractivity contribution in [3.05, 3.63) is 29.8 Å². The topological polar surface area (TPSA) is 38.5 Å². The van der Waals surface area contributed by atoms with Crippen molar-refractivity contribution < 1.29 is 4.74 Å². The summed E-state index contributed by atoms with van der Waals surface area (Å²) in [7, 11) is 2.14. The van der Waals surface area contributed by atoms with Crippen molar-refractivity contribution in [1.29, 1.82) is 0 Å². The van der Waals surface area contributed by atoms with Crippen molar-refractivity contribution in [2.75, 3.05) is 25.1 Å². The minimum atomic E-state index is 0.117. The van der Waals surface area contributed by atoms with Gasteiger partial charge in [-0.2, -0.15) is 0 Å². The molecule has 3 nitrogen and oxygen atoms in total. The molecule has 1 aromatic rings. The highest BCUT2D eigenvalue weighted by Crippen LogP contribution is 2.27. The maximum atomic E-state index is 6.21. The summed E-state index contributed by atoms with van der Waals surface area (Å²) < 4.78 is 5.82. The lowest BCUT2D eigenvalue weighted by Crippen LogP contribution is -2.34. The third-order valence-electron chi connectivity index (χ3n) is 3.94. The summed E-state index contributed by atoms with van der Waals surface area (Å²) in [6.07, 6.45) is 4.99. The number of nitrogens with two attached hydrogens (primary N) is 1. The van der Waals surface area contributed by atoms with Crippen LogP contribution in [0, 0.1) is 0 Å². The average Bonchev–Trinajstić information content (AvgIpc) is 2.47. The number of likely N-dealkylation sites (N-methyl/N-ethyl adjacent to an activating group) is 1. The lowest BCUT2D eigenvalue weighted by molar-refractivity contribution is 0.0216. The number of para-hydroxylation sites is 1. The average molecular weight is 262 g/mol. The molecule has 19 heavy (non-hydrogen) atoms. The standard InChI is InChI=1S/C16H26N2O/c1-3-15(17)14-9-4-5-10-16(14)18(2)12-13-8-6-7-11-19-13/h4-5,9-10,13,15H,3,6-8,11-12,17H2,1-2H3/t13?,15-/m1/s1. The number of nitrogens with zero attached hydrogens (tertiary/aromatic N) is 1. The van der Waals surface area contributed by atoms with Gasteiger partial charge in [0, 0.05) is 31.9 Å². The van der Waals surface area contributed by atoms with Gasteiger partial charge in [0.15, 0.2) is 0 Å². The van der Waals surface area contributed by atoms with Crippen LogP contribution in [0.25, 0.3) is 0 Å². The van der Waals surface area contributed by atoms with Gasteiger partial charge < -0.3 is 15.4 Å². The number of hydrogen-bond donors (Lipinski definition) is 1. The van der Waals surface area contributed by atoms with Crippen molar-refractivity contribution in [3.8, 4) is 0 Å². The highest BCUT2D eigenvalue weighted by atomic mass is 16.5. The fourth-order valence-electron chi connectivity index (χ4n) is 2.72. The second-order valence-electron chi connectivity index (χ2n) is 5.44. The van der Waals surface area contributed by atoms with E-state index < -0.39 is 0 Å². The van der Waals surface area contributed by atoms with Crippen molar-refractivity contribution >= 4 is 5.69 Å². The van der Waals surface area contributed by atoms with Crippen LogP contribution < -0.4 is 10.6 Å². The summed E-state index contributed by atoms with van der Waals surface area (Å²) in [5.74, 6) is 0. The number of anilines is 1. The van der Waals surface area contributed by atoms with E-state index in [4.69, 9.17) is 10.5 Å². The van der Waals surface area contributed by atoms with Crippen LogP contribution in [0.4, 0.5) is 5.69 Å². The maximum absolute atomic E-state index is 6.21. The Hall–Kier alpha value is -1.06. The molecule has 1 heterocycles. The Bertz CT molecular complexity index is 388. The Balaban J connectivity index is 2.07. The molecule has 1 aliphatic heterocycles. The van der Waals surface area contributed by atoms with E-state index in [-0.39, 0.29) is 6.04 Å². The summed E-state index contributed by atoms with van der Waals surface area (Å²) in [6, 6.07) is 8.57. The molecule has 0 amide bonds. The molecule has 3 heteroatoms. The molecule has 0 aromatic heterocycles. The Morgan fingerprint density at radius 2 is 2.16 bits per heavy atom. The van der Waals surface area contributed by atoms with Gasteiger partial charge in [0.1, 0.15) is 0 Å². The molecule has 0 radical (unpaired) electrons. The van der Waals surface area contributed by atoms with Crippen LogP contribution in [0.3, 0.4) is 0 Å². The van der Waals surface area contributed by atoms with Crippen LogP contribution in [-0.4, -0.2) is 26.3 Å². The highest BCUT2D eigenvalue weighted by molar-refractivity contribution is 5.54. The minimum Gasteiger partial charge on any atom is -0.376 e. The molecule has 0 spiro atoms. The molecule has 1 saturated heterocycles. The Morgan fingerprint density at radius 3 is 2.84 bits per heavy atom. The van der Waals surface area contributed by atoms with Gasteiger partial charge in [-0.25, -0.2) is 0 Å². The summed E-state index contributed by atoms with van der Waals surface area (Å²) in [6.45, 7) is 3.99. The predicted octanol–water partition coefficient (Wildman–Crippen LogP) is 3.10. The van der Waals surface area contributed by atoms with Crippen molar-refractivity contribution in [1.82, 2.24) is 0 Å². The first-order valence-corrected chi connectivity index (χ1v) is 7.39. The minimum absolute atomic E-state index is 0.117. The number of rotatable bonds is 5. The Kier molecular flexibility index (Phi) is 5.23. The first-order chi connectivity index (χ1) is 9.22. The van der Waals surface area contributed by atoms with Crippen molar-refractivity contribution in [3.63, 3.8) is 0 Å². The SMILES string of the molecule is CC[C@@H](N)c1ccccc1N(C)CC1CCCCO1. The first-order valence-electron chi connectivity index (χ1n) is 7.39. The van der Waals surface area contributed by atoms with Crippen LogP contribution >= 0.6 is 0 Å². The largest absolute Gasteiger partial charge is 0.376 e. The molecular weight excluding hydrogens is 236 g/mol. The third kappa shape index (κ3) is 3.71. The number of hydrogen-bond acceptors (Lipinski definition) is 3. The van der Waals surface area contributed by atoms with Gasteiger partial charge in [-0.3, -0.25) is 0 Å². The van der Waals surface area contributed by atoms with Gasteiger partial charge in [0.2, 0.25) is 0 Å². The summed E-state index contributed by atoms with van der Waals surface area (Å²) in [5.41, 5.74) is 8.69. The van der Waals surface area contributed by atoms with Crippen LogP contribution in [0.2, 0.25) is 0 Å². The summed E-state index contributed by atoms with van der Waals surface area (Å²) in [5, 5.41) is 0. The third-order valence-corrected chi connectivity index (χ3v) is 3.94. The molecule has 0 saturated carbocycles. The summed E-state index contributed by atoms with van der Waals surface area (Å²) >= 11 is 0. The number of benzene rings is 1. The van der Waals surface area contributed by atoms with Crippen LogP contribution in [0.15, 0.2) is 24.3 Å². The molecule has 1 fully saturated rings. The zero-order chi connectivity index (χ0) is 13.7. The zero-order valence-electron chi connectivity index (χ0n) is 12.1. The lowest BCUT2D eigenvalue weighted by Gasteiger charge is -2.30. The highest BCUT2D eigenvalue weighted by Gasteiger charge is 2.18. The maximum Gasteiger partial charge on any atom is 0.0749 e. The Labute approximate surface area is 116 Å². The fraction of sp³-hybridized carbons (Fsp3) is 0.625. The van der Waals surface area contributed by atoms with Gasteiger partial charge in [-0.15, -0.1) is 0 Å². The van der Waals surface area contributed by atoms with E-state index in [1.165, 1.54) is 30.5 Å². The van der Waals surface area contributed by atoms with Crippen molar-refractivity contribution in [2.24, 2.45) is 5.73 Å². The van der Waals surface area contributed by atoms with E-state index in [9.17, 15) is 0 Å². The van der Waals surface area contributed by atoms with Crippen LogP contribution in [-0.2, 0) is 4.74 Å². The first kappa shape index (κ1) is 14.4. The zero-order valence-corrected chi connectivity index (χ0v) is 12.1. The van der Waals surface area contributed by atoms with E-state index in [0.717, 1.165) is 19.6 Å². The molecule has 106 valence electrons. The molecule has 0 bridgehead atoms. The Morgan fingerprint density at radius 1 is 1.37 bits per heavy atom. The monoisotopic (exact) mass is 262 g/mol. The van der Waals surface area contributed by atoms with Gasteiger partial charge >= 0.3 is 0 Å². The van der Waals surface area contributed by atoms with Gasteiger partial charge in [0.25, 0.3) is 0 Å². The van der Waals surface area contributed by atoms with Crippen LogP contribution in [0.1, 0.15) is 44.2 Å². The molecule has 2 atom stereocenters. The molecule has 2 N–H and O–H groups in total. The van der Waals surface area contributed by atoms with E-state index in [2.05, 4.69) is 43.1 Å². The smallest absolute Gasteiger partial charge is 0.0749 e. The van der Waals surface area contributed by atoms with Crippen LogP contribution in [0.5, 0.6) is 0 Å². The van der Waals surface area contributed by atoms with E-state index in [1.54, 1.807) is 0 Å². The normalized spacial score (nSPS) is 21.1. The van der Waals surface area contributed by atoms with Crippen molar-refractivity contribution in [2.45, 2.75) is 44.8 Å². The number of ether oxygens (including phenoxy) is 1. The molecule has 1 aliphatic rings. The molecule has 0 aliphatic carbocycles. The van der Waals surface area contributed by atoms with E-state index in [1.807, 2.05) is 0 Å². The quantitative estimate of drug-likeness (QED) is 0.886. The lowest BCUT2D eigenvalue weighted by atomic mass is 10.0. The summed E-state index contributed by atoms with van der Waals surface area (Å²) in [4.78, 5) is 2.29. The predicted molar refractivity (Wildman–Crippen MR) is 80.5 cm³/mol. The van der Waals surface area contributed by atoms with Gasteiger partial charge in [-0.1, -0.05) is 25.1 Å². The second-order valence-corrected chi connectivity index (χ2v) is 5.44. The van der Waals surface area contributed by atoms with E-state index in [0.29, 0.717) is 6.10 Å². The fourth-order valence-corrected chi connectivity index (χ4v) is 2.72. The second kappa shape index (κ2) is 6.92. The molecule has 2 rings (SSSR count). The molecule has 1 aromatic carbocycles. The van der Waals surface area contributed by atoms with E-state index >= 15 is 0 Å². The molecule has 1 unspecified atom stereocenters. The molecular formula is C16H26N2O.